The average molecular weight is 259 g/mol. The molecule has 1 aromatic rings. The van der Waals surface area contributed by atoms with E-state index in [1.165, 1.54) is 12.5 Å². The number of hydrogen-bond donors (Lipinski definition) is 0. The van der Waals surface area contributed by atoms with Gasteiger partial charge < -0.3 is 4.90 Å². The van der Waals surface area contributed by atoms with Crippen molar-refractivity contribution in [1.29, 1.82) is 0 Å². The van der Waals surface area contributed by atoms with Crippen LogP contribution < -0.4 is 0 Å². The predicted octanol–water partition coefficient (Wildman–Crippen LogP) is 2.45. The van der Waals surface area contributed by atoms with Crippen LogP contribution in [0.4, 0.5) is 0 Å². The summed E-state index contributed by atoms with van der Waals surface area (Å²) in [6.45, 7) is 3.06. The normalized spacial score (nSPS) is 16.4. The van der Waals surface area contributed by atoms with Gasteiger partial charge in [0.1, 0.15) is 5.78 Å². The Kier molecular flexibility index (Phi) is 4.72. The number of ketones is 1. The molecule has 19 heavy (non-hydrogen) atoms. The molecule has 0 N–H and O–H groups in total. The van der Waals surface area contributed by atoms with Crippen LogP contribution in [0, 0.1) is 5.92 Å². The SMILES string of the molecule is CC(=O)CC(=O)N1CCC(Cc2ccccc2)CC1. The molecule has 0 aliphatic carbocycles. The molecule has 0 spiro atoms. The van der Waals surface area contributed by atoms with Gasteiger partial charge in [0.25, 0.3) is 0 Å². The molecular formula is C16H21NO2. The van der Waals surface area contributed by atoms with Crippen LogP contribution in [-0.4, -0.2) is 29.7 Å². The lowest BCUT2D eigenvalue weighted by Crippen LogP contribution is -2.39. The molecule has 1 amide bonds. The minimum absolute atomic E-state index is 0.00865. The summed E-state index contributed by atoms with van der Waals surface area (Å²) in [6, 6.07) is 10.5. The van der Waals surface area contributed by atoms with Crippen molar-refractivity contribution in [3.8, 4) is 0 Å². The molecule has 0 bridgehead atoms. The first-order chi connectivity index (χ1) is 9.15. The fourth-order valence-corrected chi connectivity index (χ4v) is 2.66. The molecular weight excluding hydrogens is 238 g/mol. The van der Waals surface area contributed by atoms with E-state index < -0.39 is 0 Å². The number of carbonyl (C=O) groups is 2. The molecule has 0 unspecified atom stereocenters. The summed E-state index contributed by atoms with van der Waals surface area (Å²) in [5.41, 5.74) is 1.37. The third-order valence-corrected chi connectivity index (χ3v) is 3.73. The topological polar surface area (TPSA) is 37.4 Å². The minimum Gasteiger partial charge on any atom is -0.342 e. The van der Waals surface area contributed by atoms with Crippen LogP contribution in [0.2, 0.25) is 0 Å². The molecule has 0 saturated carbocycles. The molecule has 2 rings (SSSR count). The number of amides is 1. The van der Waals surface area contributed by atoms with Crippen LogP contribution in [-0.2, 0) is 16.0 Å². The van der Waals surface area contributed by atoms with E-state index in [0.717, 1.165) is 32.4 Å². The van der Waals surface area contributed by atoms with E-state index in [-0.39, 0.29) is 18.1 Å². The van der Waals surface area contributed by atoms with Gasteiger partial charge in [-0.25, -0.2) is 0 Å². The Bertz CT molecular complexity index is 433. The third kappa shape index (κ3) is 4.19. The number of nitrogens with zero attached hydrogens (tertiary/aromatic N) is 1. The summed E-state index contributed by atoms with van der Waals surface area (Å²) in [5.74, 6) is 0.603. The van der Waals surface area contributed by atoms with Gasteiger partial charge in [0.05, 0.1) is 6.42 Å². The van der Waals surface area contributed by atoms with Gasteiger partial charge in [0, 0.05) is 13.1 Å². The zero-order valence-electron chi connectivity index (χ0n) is 11.5. The maximum absolute atomic E-state index is 11.8. The highest BCUT2D eigenvalue weighted by Crippen LogP contribution is 2.22. The molecule has 3 heteroatoms. The molecule has 1 aliphatic rings. The van der Waals surface area contributed by atoms with Crippen LogP contribution in [0.5, 0.6) is 0 Å². The predicted molar refractivity (Wildman–Crippen MR) is 74.7 cm³/mol. The number of rotatable bonds is 4. The van der Waals surface area contributed by atoms with Gasteiger partial charge in [0.2, 0.25) is 5.91 Å². The number of likely N-dealkylation sites (tertiary alicyclic amines) is 1. The van der Waals surface area contributed by atoms with Crippen LogP contribution in [0.15, 0.2) is 30.3 Å². The lowest BCUT2D eigenvalue weighted by Gasteiger charge is -2.32. The summed E-state index contributed by atoms with van der Waals surface area (Å²) in [6.07, 6.45) is 3.23. The number of piperidine rings is 1. The second-order valence-corrected chi connectivity index (χ2v) is 5.39. The lowest BCUT2D eigenvalue weighted by molar-refractivity contribution is -0.135. The highest BCUT2D eigenvalue weighted by Gasteiger charge is 2.23. The van der Waals surface area contributed by atoms with E-state index in [2.05, 4.69) is 24.3 Å². The van der Waals surface area contributed by atoms with Gasteiger partial charge >= 0.3 is 0 Å². The van der Waals surface area contributed by atoms with Gasteiger partial charge in [-0.05, 0) is 37.7 Å². The largest absolute Gasteiger partial charge is 0.342 e. The fraction of sp³-hybridized carbons (Fsp3) is 0.500. The Balaban J connectivity index is 1.79. The van der Waals surface area contributed by atoms with Crippen molar-refractivity contribution < 1.29 is 9.59 Å². The highest BCUT2D eigenvalue weighted by molar-refractivity contribution is 5.96. The standard InChI is InChI=1S/C16H21NO2/c1-13(18)11-16(19)17-9-7-15(8-10-17)12-14-5-3-2-4-6-14/h2-6,15H,7-12H2,1H3. The van der Waals surface area contributed by atoms with Crippen molar-refractivity contribution in [2.24, 2.45) is 5.92 Å². The van der Waals surface area contributed by atoms with Crippen molar-refractivity contribution in [3.63, 3.8) is 0 Å². The summed E-state index contributed by atoms with van der Waals surface area (Å²) in [5, 5.41) is 0. The number of carbonyl (C=O) groups excluding carboxylic acids is 2. The zero-order chi connectivity index (χ0) is 13.7. The molecule has 102 valence electrons. The Morgan fingerprint density at radius 1 is 1.16 bits per heavy atom. The fourth-order valence-electron chi connectivity index (χ4n) is 2.66. The molecule has 1 fully saturated rings. The van der Waals surface area contributed by atoms with E-state index in [1.54, 1.807) is 0 Å². The average Bonchev–Trinajstić information content (AvgIpc) is 2.40. The van der Waals surface area contributed by atoms with Crippen LogP contribution in [0.3, 0.4) is 0 Å². The molecule has 1 heterocycles. The van der Waals surface area contributed by atoms with Gasteiger partial charge in [-0.2, -0.15) is 0 Å². The summed E-state index contributed by atoms with van der Waals surface area (Å²) >= 11 is 0. The highest BCUT2D eigenvalue weighted by atomic mass is 16.2. The van der Waals surface area contributed by atoms with E-state index in [1.807, 2.05) is 11.0 Å². The monoisotopic (exact) mass is 259 g/mol. The quantitative estimate of drug-likeness (QED) is 0.779. The zero-order valence-corrected chi connectivity index (χ0v) is 11.5. The summed E-state index contributed by atoms with van der Waals surface area (Å²) in [4.78, 5) is 24.6. The van der Waals surface area contributed by atoms with Crippen molar-refractivity contribution in [3.05, 3.63) is 35.9 Å². The Morgan fingerprint density at radius 2 is 1.79 bits per heavy atom. The number of benzene rings is 1. The molecule has 0 atom stereocenters. The Labute approximate surface area is 114 Å². The molecule has 1 saturated heterocycles. The molecule has 0 aromatic heterocycles. The van der Waals surface area contributed by atoms with Gasteiger partial charge in [0.15, 0.2) is 0 Å². The first-order valence-corrected chi connectivity index (χ1v) is 6.96. The third-order valence-electron chi connectivity index (χ3n) is 3.73. The minimum atomic E-state index is -0.0450. The van der Waals surface area contributed by atoms with E-state index in [0.29, 0.717) is 5.92 Å². The lowest BCUT2D eigenvalue weighted by atomic mass is 9.90. The molecule has 1 aliphatic heterocycles. The first kappa shape index (κ1) is 13.8. The number of Topliss-reactive ketones (excluding diaryl/α,β-unsaturated/α-hetero) is 1. The van der Waals surface area contributed by atoms with Crippen molar-refractivity contribution in [2.45, 2.75) is 32.6 Å². The van der Waals surface area contributed by atoms with Gasteiger partial charge in [-0.3, -0.25) is 9.59 Å². The van der Waals surface area contributed by atoms with E-state index in [4.69, 9.17) is 0 Å². The van der Waals surface area contributed by atoms with Gasteiger partial charge in [-0.1, -0.05) is 30.3 Å². The van der Waals surface area contributed by atoms with E-state index in [9.17, 15) is 9.59 Å². The number of hydrogen-bond acceptors (Lipinski definition) is 2. The maximum Gasteiger partial charge on any atom is 0.230 e. The molecule has 1 aromatic carbocycles. The van der Waals surface area contributed by atoms with Crippen molar-refractivity contribution in [2.75, 3.05) is 13.1 Å². The smallest absolute Gasteiger partial charge is 0.230 e. The summed E-state index contributed by atoms with van der Waals surface area (Å²) < 4.78 is 0. The van der Waals surface area contributed by atoms with Gasteiger partial charge in [-0.15, -0.1) is 0 Å². The van der Waals surface area contributed by atoms with Crippen molar-refractivity contribution >= 4 is 11.7 Å². The Hall–Kier alpha value is -1.64. The molecule has 0 radical (unpaired) electrons. The molecule has 3 nitrogen and oxygen atoms in total. The summed E-state index contributed by atoms with van der Waals surface area (Å²) in [7, 11) is 0. The van der Waals surface area contributed by atoms with Crippen LogP contribution in [0.1, 0.15) is 31.7 Å². The second-order valence-electron chi connectivity index (χ2n) is 5.39. The Morgan fingerprint density at radius 3 is 2.37 bits per heavy atom. The first-order valence-electron chi connectivity index (χ1n) is 6.96. The maximum atomic E-state index is 11.8. The second kappa shape index (κ2) is 6.50. The van der Waals surface area contributed by atoms with Crippen LogP contribution in [0.25, 0.3) is 0 Å². The van der Waals surface area contributed by atoms with Crippen molar-refractivity contribution in [1.82, 2.24) is 4.90 Å². The van der Waals surface area contributed by atoms with Crippen LogP contribution >= 0.6 is 0 Å². The van der Waals surface area contributed by atoms with E-state index >= 15 is 0 Å².